The fourth-order valence-corrected chi connectivity index (χ4v) is 2.12. The van der Waals surface area contributed by atoms with Gasteiger partial charge in [0, 0.05) is 6.54 Å². The van der Waals surface area contributed by atoms with Gasteiger partial charge in [-0.3, -0.25) is 5.32 Å². The summed E-state index contributed by atoms with van der Waals surface area (Å²) in [7, 11) is 1.24. The molecule has 0 aliphatic heterocycles. The summed E-state index contributed by atoms with van der Waals surface area (Å²) in [6, 6.07) is 9.46. The predicted octanol–water partition coefficient (Wildman–Crippen LogP) is 0.697. The van der Waals surface area contributed by atoms with Crippen LogP contribution in [0.15, 0.2) is 30.3 Å². The standard InChI is InChI=1S/C15H23NO4/c1-11(2)13(18)15(10-17,14(19)20-3)16-9-12-7-5-4-6-8-12/h4-8,11,13,16-18H,9-10H2,1-3H3/t13-,15?/m1/s1. The van der Waals surface area contributed by atoms with Crippen LogP contribution in [0.25, 0.3) is 0 Å². The maximum absolute atomic E-state index is 12.0. The highest BCUT2D eigenvalue weighted by Gasteiger charge is 2.47. The minimum atomic E-state index is -1.52. The quantitative estimate of drug-likeness (QED) is 0.641. The van der Waals surface area contributed by atoms with E-state index in [1.54, 1.807) is 13.8 Å². The monoisotopic (exact) mass is 281 g/mol. The summed E-state index contributed by atoms with van der Waals surface area (Å²) >= 11 is 0. The van der Waals surface area contributed by atoms with Crippen molar-refractivity contribution in [1.29, 1.82) is 0 Å². The third-order valence-corrected chi connectivity index (χ3v) is 3.39. The van der Waals surface area contributed by atoms with E-state index < -0.39 is 24.2 Å². The number of benzene rings is 1. The molecule has 0 saturated heterocycles. The molecule has 1 aromatic rings. The Hall–Kier alpha value is -1.43. The van der Waals surface area contributed by atoms with Gasteiger partial charge in [0.1, 0.15) is 0 Å². The van der Waals surface area contributed by atoms with Crippen LogP contribution in [0.5, 0.6) is 0 Å². The van der Waals surface area contributed by atoms with Crippen molar-refractivity contribution in [3.63, 3.8) is 0 Å². The number of esters is 1. The summed E-state index contributed by atoms with van der Waals surface area (Å²) in [5, 5.41) is 22.9. The van der Waals surface area contributed by atoms with Crippen molar-refractivity contribution >= 4 is 5.97 Å². The maximum atomic E-state index is 12.0. The molecule has 112 valence electrons. The third-order valence-electron chi connectivity index (χ3n) is 3.39. The molecule has 0 fully saturated rings. The van der Waals surface area contributed by atoms with Crippen molar-refractivity contribution < 1.29 is 19.7 Å². The fourth-order valence-electron chi connectivity index (χ4n) is 2.12. The lowest BCUT2D eigenvalue weighted by Gasteiger charge is -2.36. The largest absolute Gasteiger partial charge is 0.467 e. The summed E-state index contributed by atoms with van der Waals surface area (Å²) in [6.07, 6.45) is -1.05. The first-order valence-corrected chi connectivity index (χ1v) is 6.64. The summed E-state index contributed by atoms with van der Waals surface area (Å²) in [5.74, 6) is -0.873. The van der Waals surface area contributed by atoms with Crippen LogP contribution in [0.2, 0.25) is 0 Å². The van der Waals surface area contributed by atoms with Gasteiger partial charge in [0.2, 0.25) is 0 Å². The SMILES string of the molecule is COC(=O)C(CO)(NCc1ccccc1)[C@H](O)C(C)C. The van der Waals surface area contributed by atoms with E-state index in [9.17, 15) is 15.0 Å². The average Bonchev–Trinajstić information content (AvgIpc) is 2.48. The second kappa shape index (κ2) is 7.38. The van der Waals surface area contributed by atoms with Gasteiger partial charge in [0.15, 0.2) is 5.54 Å². The van der Waals surface area contributed by atoms with Crippen molar-refractivity contribution in [3.8, 4) is 0 Å². The van der Waals surface area contributed by atoms with Crippen molar-refractivity contribution in [2.75, 3.05) is 13.7 Å². The molecule has 1 rings (SSSR count). The summed E-state index contributed by atoms with van der Waals surface area (Å²) < 4.78 is 4.74. The van der Waals surface area contributed by atoms with Gasteiger partial charge in [-0.1, -0.05) is 44.2 Å². The number of hydrogen-bond acceptors (Lipinski definition) is 5. The number of aliphatic hydroxyl groups excluding tert-OH is 2. The lowest BCUT2D eigenvalue weighted by molar-refractivity contribution is -0.159. The van der Waals surface area contributed by atoms with Crippen LogP contribution in [0.1, 0.15) is 19.4 Å². The van der Waals surface area contributed by atoms with E-state index in [1.165, 1.54) is 7.11 Å². The number of methoxy groups -OCH3 is 1. The average molecular weight is 281 g/mol. The molecular weight excluding hydrogens is 258 g/mol. The molecule has 5 heteroatoms. The van der Waals surface area contributed by atoms with Crippen LogP contribution in [0.4, 0.5) is 0 Å². The van der Waals surface area contributed by atoms with Crippen LogP contribution < -0.4 is 5.32 Å². The summed E-state index contributed by atoms with van der Waals surface area (Å²) in [5.41, 5.74) is -0.566. The normalized spacial score (nSPS) is 15.7. The number of carbonyl (C=O) groups is 1. The molecule has 3 N–H and O–H groups in total. The van der Waals surface area contributed by atoms with Crippen LogP contribution in [-0.4, -0.2) is 41.5 Å². The molecule has 0 aromatic heterocycles. The molecule has 0 heterocycles. The molecule has 0 saturated carbocycles. The van der Waals surface area contributed by atoms with E-state index in [2.05, 4.69) is 5.32 Å². The van der Waals surface area contributed by atoms with Gasteiger partial charge in [-0.2, -0.15) is 0 Å². The van der Waals surface area contributed by atoms with E-state index in [0.717, 1.165) is 5.56 Å². The number of hydrogen-bond donors (Lipinski definition) is 3. The Labute approximate surface area is 119 Å². The highest BCUT2D eigenvalue weighted by Crippen LogP contribution is 2.20. The molecule has 0 radical (unpaired) electrons. The first-order chi connectivity index (χ1) is 9.47. The van der Waals surface area contributed by atoms with Gasteiger partial charge in [-0.25, -0.2) is 4.79 Å². The molecule has 2 atom stereocenters. The number of aliphatic hydroxyl groups is 2. The van der Waals surface area contributed by atoms with E-state index in [1.807, 2.05) is 30.3 Å². The van der Waals surface area contributed by atoms with E-state index >= 15 is 0 Å². The van der Waals surface area contributed by atoms with Gasteiger partial charge in [-0.15, -0.1) is 0 Å². The topological polar surface area (TPSA) is 78.8 Å². The molecule has 0 amide bonds. The van der Waals surface area contributed by atoms with Crippen LogP contribution >= 0.6 is 0 Å². The second-order valence-electron chi connectivity index (χ2n) is 5.15. The summed E-state index contributed by atoms with van der Waals surface area (Å²) in [6.45, 7) is 3.37. The second-order valence-corrected chi connectivity index (χ2v) is 5.15. The lowest BCUT2D eigenvalue weighted by atomic mass is 9.85. The zero-order chi connectivity index (χ0) is 15.2. The van der Waals surface area contributed by atoms with E-state index in [-0.39, 0.29) is 5.92 Å². The van der Waals surface area contributed by atoms with Crippen LogP contribution in [-0.2, 0) is 16.1 Å². The minimum absolute atomic E-state index is 0.204. The number of ether oxygens (including phenoxy) is 1. The van der Waals surface area contributed by atoms with Gasteiger partial charge >= 0.3 is 5.97 Å². The fraction of sp³-hybridized carbons (Fsp3) is 0.533. The molecule has 1 aromatic carbocycles. The van der Waals surface area contributed by atoms with Gasteiger partial charge in [-0.05, 0) is 11.5 Å². The first-order valence-electron chi connectivity index (χ1n) is 6.64. The third kappa shape index (κ3) is 3.56. The number of rotatable bonds is 7. The molecule has 0 spiro atoms. The highest BCUT2D eigenvalue weighted by molar-refractivity contribution is 5.82. The molecule has 0 bridgehead atoms. The van der Waals surface area contributed by atoms with Gasteiger partial charge < -0.3 is 14.9 Å². The molecule has 0 aliphatic carbocycles. The van der Waals surface area contributed by atoms with Crippen molar-refractivity contribution in [2.45, 2.75) is 32.0 Å². The summed E-state index contributed by atoms with van der Waals surface area (Å²) in [4.78, 5) is 12.0. The Morgan fingerprint density at radius 2 is 1.95 bits per heavy atom. The Kier molecular flexibility index (Phi) is 6.13. The Morgan fingerprint density at radius 1 is 1.35 bits per heavy atom. The number of nitrogens with one attached hydrogen (secondary N) is 1. The minimum Gasteiger partial charge on any atom is -0.467 e. The molecule has 20 heavy (non-hydrogen) atoms. The number of carbonyl (C=O) groups excluding carboxylic acids is 1. The molecule has 5 nitrogen and oxygen atoms in total. The lowest BCUT2D eigenvalue weighted by Crippen LogP contribution is -2.64. The van der Waals surface area contributed by atoms with Gasteiger partial charge in [0.25, 0.3) is 0 Å². The van der Waals surface area contributed by atoms with Crippen LogP contribution in [0.3, 0.4) is 0 Å². The smallest absolute Gasteiger partial charge is 0.331 e. The van der Waals surface area contributed by atoms with Gasteiger partial charge in [0.05, 0.1) is 19.8 Å². The first kappa shape index (κ1) is 16.6. The van der Waals surface area contributed by atoms with Crippen molar-refractivity contribution in [3.05, 3.63) is 35.9 Å². The Bertz CT molecular complexity index is 421. The molecule has 1 unspecified atom stereocenters. The molecular formula is C15H23NO4. The Balaban J connectivity index is 2.95. The molecule has 0 aliphatic rings. The zero-order valence-corrected chi connectivity index (χ0v) is 12.2. The van der Waals surface area contributed by atoms with E-state index in [0.29, 0.717) is 6.54 Å². The van der Waals surface area contributed by atoms with Crippen molar-refractivity contribution in [1.82, 2.24) is 5.32 Å². The predicted molar refractivity (Wildman–Crippen MR) is 76.0 cm³/mol. The Morgan fingerprint density at radius 3 is 2.40 bits per heavy atom. The zero-order valence-electron chi connectivity index (χ0n) is 12.2. The maximum Gasteiger partial charge on any atom is 0.331 e. The highest BCUT2D eigenvalue weighted by atomic mass is 16.5. The van der Waals surface area contributed by atoms with E-state index in [4.69, 9.17) is 4.74 Å². The van der Waals surface area contributed by atoms with Crippen molar-refractivity contribution in [2.24, 2.45) is 5.92 Å². The van der Waals surface area contributed by atoms with Crippen LogP contribution in [0, 0.1) is 5.92 Å².